The molecule has 2 aromatic rings. The summed E-state index contributed by atoms with van der Waals surface area (Å²) in [5, 5.41) is 3.87. The highest BCUT2D eigenvalue weighted by Crippen LogP contribution is 2.20. The molecule has 5 heteroatoms. The minimum Gasteiger partial charge on any atom is -0.497 e. The highest BCUT2D eigenvalue weighted by atomic mass is 35.5. The number of nitrogens with zero attached hydrogens (tertiary/aromatic N) is 1. The number of rotatable bonds is 7. The van der Waals surface area contributed by atoms with Crippen LogP contribution in [-0.2, 0) is 17.8 Å². The monoisotopic (exact) mass is 386 g/mol. The van der Waals surface area contributed by atoms with Gasteiger partial charge in [0.05, 0.1) is 13.0 Å². The SMILES string of the molecule is COc1ccc(CCNC(=O)C2CCCN(Cc3cccc(Cl)c3)C2)cc1. The van der Waals surface area contributed by atoms with Crippen LogP contribution >= 0.6 is 11.6 Å². The summed E-state index contributed by atoms with van der Waals surface area (Å²) in [5.74, 6) is 1.08. The van der Waals surface area contributed by atoms with Crippen molar-refractivity contribution < 1.29 is 9.53 Å². The van der Waals surface area contributed by atoms with Crippen LogP contribution in [0.15, 0.2) is 48.5 Å². The molecule has 0 aliphatic carbocycles. The highest BCUT2D eigenvalue weighted by Gasteiger charge is 2.25. The quantitative estimate of drug-likeness (QED) is 0.784. The summed E-state index contributed by atoms with van der Waals surface area (Å²) >= 11 is 6.08. The first-order valence-corrected chi connectivity index (χ1v) is 9.89. The van der Waals surface area contributed by atoms with E-state index in [1.54, 1.807) is 7.11 Å². The summed E-state index contributed by atoms with van der Waals surface area (Å²) in [7, 11) is 1.66. The van der Waals surface area contributed by atoms with Crippen molar-refractivity contribution in [3.63, 3.8) is 0 Å². The molecular formula is C22H27ClN2O2. The zero-order valence-electron chi connectivity index (χ0n) is 15.8. The summed E-state index contributed by atoms with van der Waals surface area (Å²) in [4.78, 5) is 14.9. The van der Waals surface area contributed by atoms with Crippen molar-refractivity contribution in [3.8, 4) is 5.75 Å². The Hall–Kier alpha value is -2.04. The minimum atomic E-state index is 0.0637. The lowest BCUT2D eigenvalue weighted by molar-refractivity contribution is -0.126. The molecule has 1 atom stereocenters. The molecule has 1 unspecified atom stereocenters. The van der Waals surface area contributed by atoms with Crippen LogP contribution in [0.3, 0.4) is 0 Å². The molecule has 1 aliphatic rings. The van der Waals surface area contributed by atoms with E-state index in [1.165, 1.54) is 11.1 Å². The van der Waals surface area contributed by atoms with Gasteiger partial charge in [0, 0.05) is 24.7 Å². The Labute approximate surface area is 166 Å². The van der Waals surface area contributed by atoms with Crippen LogP contribution in [-0.4, -0.2) is 37.6 Å². The second-order valence-electron chi connectivity index (χ2n) is 7.09. The van der Waals surface area contributed by atoms with Gasteiger partial charge in [0.15, 0.2) is 0 Å². The molecule has 0 radical (unpaired) electrons. The van der Waals surface area contributed by atoms with Crippen molar-refractivity contribution in [2.24, 2.45) is 5.92 Å². The molecule has 0 spiro atoms. The molecule has 1 amide bonds. The number of amides is 1. The topological polar surface area (TPSA) is 41.6 Å². The van der Waals surface area contributed by atoms with E-state index < -0.39 is 0 Å². The van der Waals surface area contributed by atoms with E-state index in [9.17, 15) is 4.79 Å². The third-order valence-electron chi connectivity index (χ3n) is 5.04. The predicted octanol–water partition coefficient (Wildman–Crippen LogP) is 3.92. The molecule has 1 saturated heterocycles. The maximum absolute atomic E-state index is 12.6. The second kappa shape index (κ2) is 9.77. The number of carbonyl (C=O) groups excluding carboxylic acids is 1. The Morgan fingerprint density at radius 3 is 2.78 bits per heavy atom. The summed E-state index contributed by atoms with van der Waals surface area (Å²) in [6, 6.07) is 15.9. The molecular weight excluding hydrogens is 360 g/mol. The third kappa shape index (κ3) is 5.98. The number of hydrogen-bond acceptors (Lipinski definition) is 3. The number of nitrogens with one attached hydrogen (secondary N) is 1. The van der Waals surface area contributed by atoms with Gasteiger partial charge >= 0.3 is 0 Å². The fourth-order valence-corrected chi connectivity index (χ4v) is 3.79. The normalized spacial score (nSPS) is 17.5. The van der Waals surface area contributed by atoms with E-state index in [0.717, 1.165) is 49.7 Å². The van der Waals surface area contributed by atoms with Crippen molar-refractivity contribution in [1.29, 1.82) is 0 Å². The molecule has 1 N–H and O–H groups in total. The van der Waals surface area contributed by atoms with Gasteiger partial charge in [-0.1, -0.05) is 35.9 Å². The average molecular weight is 387 g/mol. The van der Waals surface area contributed by atoms with Crippen LogP contribution in [0.1, 0.15) is 24.0 Å². The molecule has 27 heavy (non-hydrogen) atoms. The number of hydrogen-bond donors (Lipinski definition) is 1. The molecule has 4 nitrogen and oxygen atoms in total. The number of methoxy groups -OCH3 is 1. The van der Waals surface area contributed by atoms with Gasteiger partial charge in [0.2, 0.25) is 5.91 Å². The van der Waals surface area contributed by atoms with Gasteiger partial charge in [0.25, 0.3) is 0 Å². The van der Waals surface area contributed by atoms with Gasteiger partial charge in [0.1, 0.15) is 5.75 Å². The molecule has 0 bridgehead atoms. The molecule has 1 fully saturated rings. The number of likely N-dealkylation sites (tertiary alicyclic amines) is 1. The highest BCUT2D eigenvalue weighted by molar-refractivity contribution is 6.30. The van der Waals surface area contributed by atoms with Gasteiger partial charge < -0.3 is 10.1 Å². The Balaban J connectivity index is 1.44. The summed E-state index contributed by atoms with van der Waals surface area (Å²) < 4.78 is 5.17. The van der Waals surface area contributed by atoms with Crippen LogP contribution in [0.2, 0.25) is 5.02 Å². The average Bonchev–Trinajstić information content (AvgIpc) is 2.69. The van der Waals surface area contributed by atoms with Gasteiger partial charge in [-0.3, -0.25) is 9.69 Å². The Morgan fingerprint density at radius 2 is 2.04 bits per heavy atom. The maximum atomic E-state index is 12.6. The number of halogens is 1. The minimum absolute atomic E-state index is 0.0637. The fourth-order valence-electron chi connectivity index (χ4n) is 3.57. The van der Waals surface area contributed by atoms with Crippen molar-refractivity contribution in [1.82, 2.24) is 10.2 Å². The maximum Gasteiger partial charge on any atom is 0.224 e. The molecule has 144 valence electrons. The molecule has 3 rings (SSSR count). The van der Waals surface area contributed by atoms with Gasteiger partial charge in [-0.05, 0) is 61.2 Å². The second-order valence-corrected chi connectivity index (χ2v) is 7.53. The van der Waals surface area contributed by atoms with E-state index in [-0.39, 0.29) is 11.8 Å². The van der Waals surface area contributed by atoms with E-state index in [0.29, 0.717) is 6.54 Å². The number of benzene rings is 2. The van der Waals surface area contributed by atoms with Crippen LogP contribution in [0.4, 0.5) is 0 Å². The van der Waals surface area contributed by atoms with Crippen molar-refractivity contribution >= 4 is 17.5 Å². The zero-order valence-corrected chi connectivity index (χ0v) is 16.5. The lowest BCUT2D eigenvalue weighted by Crippen LogP contribution is -2.43. The van der Waals surface area contributed by atoms with Crippen LogP contribution < -0.4 is 10.1 Å². The Kier molecular flexibility index (Phi) is 7.13. The van der Waals surface area contributed by atoms with E-state index in [4.69, 9.17) is 16.3 Å². The van der Waals surface area contributed by atoms with Crippen LogP contribution in [0.5, 0.6) is 5.75 Å². The molecule has 2 aromatic carbocycles. The molecule has 1 aliphatic heterocycles. The number of piperidine rings is 1. The number of ether oxygens (including phenoxy) is 1. The molecule has 0 saturated carbocycles. The zero-order chi connectivity index (χ0) is 19.1. The Bertz CT molecular complexity index is 748. The van der Waals surface area contributed by atoms with Crippen LogP contribution in [0, 0.1) is 5.92 Å². The van der Waals surface area contributed by atoms with E-state index in [2.05, 4.69) is 16.3 Å². The predicted molar refractivity (Wildman–Crippen MR) is 109 cm³/mol. The summed E-state index contributed by atoms with van der Waals surface area (Å²) in [6.45, 7) is 3.34. The van der Waals surface area contributed by atoms with E-state index in [1.807, 2.05) is 42.5 Å². The van der Waals surface area contributed by atoms with Gasteiger partial charge in [-0.25, -0.2) is 0 Å². The first kappa shape index (κ1) is 19.7. The van der Waals surface area contributed by atoms with Crippen molar-refractivity contribution in [3.05, 3.63) is 64.7 Å². The third-order valence-corrected chi connectivity index (χ3v) is 5.28. The first-order valence-electron chi connectivity index (χ1n) is 9.51. The fraction of sp³-hybridized carbons (Fsp3) is 0.409. The van der Waals surface area contributed by atoms with Crippen molar-refractivity contribution in [2.75, 3.05) is 26.7 Å². The van der Waals surface area contributed by atoms with Crippen molar-refractivity contribution in [2.45, 2.75) is 25.8 Å². The first-order chi connectivity index (χ1) is 13.1. The van der Waals surface area contributed by atoms with Gasteiger partial charge in [-0.15, -0.1) is 0 Å². The Morgan fingerprint density at radius 1 is 1.22 bits per heavy atom. The number of carbonyl (C=O) groups is 1. The lowest BCUT2D eigenvalue weighted by atomic mass is 9.96. The molecule has 0 aromatic heterocycles. The lowest BCUT2D eigenvalue weighted by Gasteiger charge is -2.32. The van der Waals surface area contributed by atoms with Crippen LogP contribution in [0.25, 0.3) is 0 Å². The smallest absolute Gasteiger partial charge is 0.224 e. The summed E-state index contributed by atoms with van der Waals surface area (Å²) in [5.41, 5.74) is 2.39. The molecule has 1 heterocycles. The summed E-state index contributed by atoms with van der Waals surface area (Å²) in [6.07, 6.45) is 2.84. The van der Waals surface area contributed by atoms with E-state index >= 15 is 0 Å². The standard InChI is InChI=1S/C22H27ClN2O2/c1-27-21-9-7-17(8-10-21)11-12-24-22(26)19-5-3-13-25(16-19)15-18-4-2-6-20(23)14-18/h2,4,6-10,14,19H,3,5,11-13,15-16H2,1H3,(H,24,26). The largest absolute Gasteiger partial charge is 0.497 e. The van der Waals surface area contributed by atoms with Gasteiger partial charge in [-0.2, -0.15) is 0 Å².